The lowest BCUT2D eigenvalue weighted by Gasteiger charge is -2.32. The Morgan fingerprint density at radius 2 is 2.00 bits per heavy atom. The Morgan fingerprint density at radius 1 is 1.24 bits per heavy atom. The van der Waals surface area contributed by atoms with Gasteiger partial charge in [-0.25, -0.2) is 0 Å². The van der Waals surface area contributed by atoms with Gasteiger partial charge in [0.2, 0.25) is 0 Å². The van der Waals surface area contributed by atoms with E-state index in [1.807, 2.05) is 0 Å². The molecule has 1 saturated heterocycles. The van der Waals surface area contributed by atoms with Crippen molar-refractivity contribution in [2.24, 2.45) is 5.73 Å². The van der Waals surface area contributed by atoms with E-state index in [9.17, 15) is 0 Å². The van der Waals surface area contributed by atoms with Crippen LogP contribution in [0.2, 0.25) is 0 Å². The van der Waals surface area contributed by atoms with Crippen molar-refractivity contribution >= 4 is 5.69 Å². The Morgan fingerprint density at radius 3 is 2.76 bits per heavy atom. The Labute approximate surface area is 105 Å². The zero-order valence-electron chi connectivity index (χ0n) is 11.0. The number of rotatable bonds is 2. The molecule has 1 aliphatic rings. The molecule has 2 heteroatoms. The summed E-state index contributed by atoms with van der Waals surface area (Å²) in [4.78, 5) is 2.55. The largest absolute Gasteiger partial charge is 0.369 e. The average molecular weight is 232 g/mol. The van der Waals surface area contributed by atoms with Crippen LogP contribution in [0.1, 0.15) is 51.1 Å². The van der Waals surface area contributed by atoms with Gasteiger partial charge in [-0.15, -0.1) is 0 Å². The summed E-state index contributed by atoms with van der Waals surface area (Å²) >= 11 is 0. The van der Waals surface area contributed by atoms with Crippen LogP contribution >= 0.6 is 0 Å². The van der Waals surface area contributed by atoms with Crippen LogP contribution in [0.15, 0.2) is 24.3 Å². The van der Waals surface area contributed by atoms with E-state index in [1.54, 1.807) is 0 Å². The van der Waals surface area contributed by atoms with Crippen molar-refractivity contribution < 1.29 is 0 Å². The van der Waals surface area contributed by atoms with Crippen LogP contribution in [0.5, 0.6) is 0 Å². The topological polar surface area (TPSA) is 29.3 Å². The second-order valence-electron chi connectivity index (χ2n) is 5.24. The van der Waals surface area contributed by atoms with E-state index in [-0.39, 0.29) is 6.04 Å². The molecule has 2 nitrogen and oxygen atoms in total. The highest BCUT2D eigenvalue weighted by Gasteiger charge is 2.20. The lowest BCUT2D eigenvalue weighted by atomic mass is 10.0. The molecule has 0 aliphatic carbocycles. The van der Waals surface area contributed by atoms with Gasteiger partial charge in [-0.2, -0.15) is 0 Å². The quantitative estimate of drug-likeness (QED) is 0.846. The maximum atomic E-state index is 6.08. The second-order valence-corrected chi connectivity index (χ2v) is 5.24. The van der Waals surface area contributed by atoms with Crippen LogP contribution in [-0.4, -0.2) is 12.6 Å². The monoisotopic (exact) mass is 232 g/mol. The fraction of sp³-hybridized carbons (Fsp3) is 0.600. The molecular formula is C15H24N2. The maximum absolute atomic E-state index is 6.08. The van der Waals surface area contributed by atoms with Crippen LogP contribution in [0, 0.1) is 0 Å². The highest BCUT2D eigenvalue weighted by molar-refractivity contribution is 5.55. The summed E-state index contributed by atoms with van der Waals surface area (Å²) < 4.78 is 0. The minimum absolute atomic E-state index is 0.113. The molecule has 1 aliphatic heterocycles. The number of hydrogen-bond donors (Lipinski definition) is 1. The van der Waals surface area contributed by atoms with Gasteiger partial charge in [-0.1, -0.05) is 31.0 Å². The Bertz CT molecular complexity index is 360. The highest BCUT2D eigenvalue weighted by atomic mass is 15.2. The molecule has 1 aromatic rings. The van der Waals surface area contributed by atoms with Crippen LogP contribution in [-0.2, 0) is 0 Å². The number of hydrogen-bond acceptors (Lipinski definition) is 2. The normalized spacial score (nSPS) is 23.2. The van der Waals surface area contributed by atoms with Crippen LogP contribution in [0.3, 0.4) is 0 Å². The number of anilines is 1. The minimum atomic E-state index is 0.113. The van der Waals surface area contributed by atoms with E-state index in [4.69, 9.17) is 5.73 Å². The first-order valence-corrected chi connectivity index (χ1v) is 6.81. The summed E-state index contributed by atoms with van der Waals surface area (Å²) in [6, 6.07) is 9.35. The third-order valence-electron chi connectivity index (χ3n) is 3.79. The lowest BCUT2D eigenvalue weighted by Crippen LogP contribution is -2.33. The molecule has 0 amide bonds. The molecule has 2 rings (SSSR count). The molecule has 94 valence electrons. The summed E-state index contributed by atoms with van der Waals surface area (Å²) in [6.45, 7) is 5.58. The predicted octanol–water partition coefficient (Wildman–Crippen LogP) is 3.48. The number of nitrogens with zero attached hydrogens (tertiary/aromatic N) is 1. The second kappa shape index (κ2) is 5.54. The molecular weight excluding hydrogens is 208 g/mol. The third kappa shape index (κ3) is 2.81. The summed E-state index contributed by atoms with van der Waals surface area (Å²) in [7, 11) is 0. The van der Waals surface area contributed by atoms with E-state index in [2.05, 4.69) is 43.0 Å². The SMILES string of the molecule is CC1CCCCCN1c1ccccc1[C@H](C)N. The fourth-order valence-corrected chi connectivity index (χ4v) is 2.77. The maximum Gasteiger partial charge on any atom is 0.0416 e. The smallest absolute Gasteiger partial charge is 0.0416 e. The highest BCUT2D eigenvalue weighted by Crippen LogP contribution is 2.29. The van der Waals surface area contributed by atoms with Crippen molar-refractivity contribution in [1.29, 1.82) is 0 Å². The molecule has 0 spiro atoms. The standard InChI is InChI=1S/C15H24N2/c1-12-8-4-3-7-11-17(12)15-10-6-5-9-14(15)13(2)16/h5-6,9-10,12-13H,3-4,7-8,11,16H2,1-2H3/t12?,13-/m0/s1. The van der Waals surface area contributed by atoms with Gasteiger partial charge >= 0.3 is 0 Å². The average Bonchev–Trinajstić information content (AvgIpc) is 2.54. The molecule has 0 saturated carbocycles. The summed E-state index contributed by atoms with van der Waals surface area (Å²) in [5.41, 5.74) is 8.70. The van der Waals surface area contributed by atoms with Crippen molar-refractivity contribution in [3.8, 4) is 0 Å². The third-order valence-corrected chi connectivity index (χ3v) is 3.79. The van der Waals surface area contributed by atoms with Crippen molar-refractivity contribution in [3.05, 3.63) is 29.8 Å². The number of para-hydroxylation sites is 1. The molecule has 1 aromatic carbocycles. The van der Waals surface area contributed by atoms with Crippen molar-refractivity contribution in [3.63, 3.8) is 0 Å². The first kappa shape index (κ1) is 12.4. The summed E-state index contributed by atoms with van der Waals surface area (Å²) in [6.07, 6.45) is 5.32. The minimum Gasteiger partial charge on any atom is -0.369 e. The van der Waals surface area contributed by atoms with Crippen LogP contribution in [0.4, 0.5) is 5.69 Å². The van der Waals surface area contributed by atoms with Gasteiger partial charge in [0, 0.05) is 24.3 Å². The van der Waals surface area contributed by atoms with Gasteiger partial charge in [-0.05, 0) is 38.3 Å². The van der Waals surface area contributed by atoms with Gasteiger partial charge < -0.3 is 10.6 Å². The molecule has 0 bridgehead atoms. The Kier molecular flexibility index (Phi) is 4.06. The van der Waals surface area contributed by atoms with Gasteiger partial charge in [0.25, 0.3) is 0 Å². The van der Waals surface area contributed by atoms with Gasteiger partial charge in [0.15, 0.2) is 0 Å². The summed E-state index contributed by atoms with van der Waals surface area (Å²) in [5, 5.41) is 0. The van der Waals surface area contributed by atoms with Crippen LogP contribution < -0.4 is 10.6 Å². The predicted molar refractivity (Wildman–Crippen MR) is 74.3 cm³/mol. The van der Waals surface area contributed by atoms with Crippen LogP contribution in [0.25, 0.3) is 0 Å². The van der Waals surface area contributed by atoms with Crippen molar-refractivity contribution in [1.82, 2.24) is 0 Å². The van der Waals surface area contributed by atoms with Gasteiger partial charge in [0.05, 0.1) is 0 Å². The molecule has 1 unspecified atom stereocenters. The van der Waals surface area contributed by atoms with E-state index >= 15 is 0 Å². The lowest BCUT2D eigenvalue weighted by molar-refractivity contribution is 0.612. The Hall–Kier alpha value is -1.02. The molecule has 0 radical (unpaired) electrons. The van der Waals surface area contributed by atoms with Crippen molar-refractivity contribution in [2.75, 3.05) is 11.4 Å². The zero-order valence-corrected chi connectivity index (χ0v) is 11.0. The first-order chi connectivity index (χ1) is 8.20. The molecule has 2 atom stereocenters. The fourth-order valence-electron chi connectivity index (χ4n) is 2.77. The first-order valence-electron chi connectivity index (χ1n) is 6.81. The molecule has 0 aromatic heterocycles. The Balaban J connectivity index is 2.30. The number of nitrogens with two attached hydrogens (primary N) is 1. The van der Waals surface area contributed by atoms with E-state index in [0.29, 0.717) is 6.04 Å². The molecule has 1 fully saturated rings. The zero-order chi connectivity index (χ0) is 12.3. The van der Waals surface area contributed by atoms with Crippen molar-refractivity contribution in [2.45, 2.75) is 51.6 Å². The van der Waals surface area contributed by atoms with Gasteiger partial charge in [-0.3, -0.25) is 0 Å². The van der Waals surface area contributed by atoms with E-state index in [1.165, 1.54) is 43.5 Å². The van der Waals surface area contributed by atoms with Gasteiger partial charge in [0.1, 0.15) is 0 Å². The van der Waals surface area contributed by atoms with E-state index in [0.717, 1.165) is 0 Å². The molecule has 1 heterocycles. The summed E-state index contributed by atoms with van der Waals surface area (Å²) in [5.74, 6) is 0. The molecule has 2 N–H and O–H groups in total. The van der Waals surface area contributed by atoms with E-state index < -0.39 is 0 Å². The number of benzene rings is 1. The molecule has 17 heavy (non-hydrogen) atoms.